The van der Waals surface area contributed by atoms with Gasteiger partial charge in [0.2, 0.25) is 5.91 Å². The van der Waals surface area contributed by atoms with E-state index in [9.17, 15) is 9.59 Å². The van der Waals surface area contributed by atoms with E-state index in [1.807, 2.05) is 41.1 Å². The third-order valence-electron chi connectivity index (χ3n) is 3.52. The van der Waals surface area contributed by atoms with Gasteiger partial charge < -0.3 is 4.57 Å². The van der Waals surface area contributed by atoms with Gasteiger partial charge in [0.15, 0.2) is 0 Å². The molecule has 0 saturated heterocycles. The Balaban J connectivity index is 1.51. The van der Waals surface area contributed by atoms with E-state index in [-0.39, 0.29) is 18.2 Å². The second-order valence-corrected chi connectivity index (χ2v) is 5.06. The van der Waals surface area contributed by atoms with Crippen LogP contribution in [-0.4, -0.2) is 21.4 Å². The van der Waals surface area contributed by atoms with Crippen LogP contribution in [0.25, 0.3) is 10.9 Å². The molecule has 0 unspecified atom stereocenters. The number of aromatic nitrogens is 2. The number of hydrogen-bond donors (Lipinski definition) is 2. The van der Waals surface area contributed by atoms with Crippen molar-refractivity contribution in [2.24, 2.45) is 0 Å². The molecule has 0 atom stereocenters. The quantitative estimate of drug-likeness (QED) is 0.723. The van der Waals surface area contributed by atoms with Gasteiger partial charge in [-0.15, -0.1) is 0 Å². The van der Waals surface area contributed by atoms with E-state index in [4.69, 9.17) is 0 Å². The number of hydrazine groups is 1. The van der Waals surface area contributed by atoms with Crippen molar-refractivity contribution in [3.63, 3.8) is 0 Å². The lowest BCUT2D eigenvalue weighted by atomic mass is 10.2. The molecule has 0 bridgehead atoms. The Morgan fingerprint density at radius 3 is 2.61 bits per heavy atom. The molecular formula is C17H16N4O2. The number of hydrogen-bond acceptors (Lipinski definition) is 3. The Hall–Kier alpha value is -3.15. The number of nitrogens with one attached hydrogen (secondary N) is 2. The van der Waals surface area contributed by atoms with Crippen LogP contribution in [0.2, 0.25) is 0 Å². The number of carbonyl (C=O) groups excluding carboxylic acids is 2. The van der Waals surface area contributed by atoms with Crippen molar-refractivity contribution < 1.29 is 9.59 Å². The zero-order chi connectivity index (χ0) is 16.1. The van der Waals surface area contributed by atoms with Crippen LogP contribution in [0.1, 0.15) is 16.8 Å². The molecule has 2 aromatic heterocycles. The molecule has 23 heavy (non-hydrogen) atoms. The third-order valence-corrected chi connectivity index (χ3v) is 3.52. The van der Waals surface area contributed by atoms with Crippen molar-refractivity contribution in [2.75, 3.05) is 0 Å². The highest BCUT2D eigenvalue weighted by Crippen LogP contribution is 2.15. The van der Waals surface area contributed by atoms with E-state index in [1.54, 1.807) is 12.1 Å². The van der Waals surface area contributed by atoms with Crippen LogP contribution in [0.5, 0.6) is 0 Å². The summed E-state index contributed by atoms with van der Waals surface area (Å²) >= 11 is 0. The zero-order valence-corrected chi connectivity index (χ0v) is 12.4. The second-order valence-electron chi connectivity index (χ2n) is 5.06. The van der Waals surface area contributed by atoms with Crippen molar-refractivity contribution in [3.8, 4) is 0 Å². The van der Waals surface area contributed by atoms with Gasteiger partial charge in [0.25, 0.3) is 5.91 Å². The first-order chi connectivity index (χ1) is 11.2. The number of fused-ring (bicyclic) bond motifs is 1. The number of amides is 2. The molecule has 0 fully saturated rings. The summed E-state index contributed by atoms with van der Waals surface area (Å²) in [5, 5.41) is 1.14. The summed E-state index contributed by atoms with van der Waals surface area (Å²) < 4.78 is 2.01. The number of benzene rings is 1. The number of carbonyl (C=O) groups is 2. The molecule has 0 aliphatic rings. The van der Waals surface area contributed by atoms with Gasteiger partial charge in [0, 0.05) is 42.6 Å². The van der Waals surface area contributed by atoms with Gasteiger partial charge in [-0.3, -0.25) is 25.4 Å². The topological polar surface area (TPSA) is 76.0 Å². The lowest BCUT2D eigenvalue weighted by Gasteiger charge is -2.08. The van der Waals surface area contributed by atoms with Crippen molar-refractivity contribution in [3.05, 3.63) is 66.6 Å². The average molecular weight is 308 g/mol. The number of aryl methyl sites for hydroxylation is 1. The van der Waals surface area contributed by atoms with Gasteiger partial charge in [0.1, 0.15) is 0 Å². The van der Waals surface area contributed by atoms with Crippen LogP contribution in [-0.2, 0) is 11.3 Å². The largest absolute Gasteiger partial charge is 0.347 e. The fourth-order valence-corrected chi connectivity index (χ4v) is 2.32. The van der Waals surface area contributed by atoms with E-state index >= 15 is 0 Å². The maximum Gasteiger partial charge on any atom is 0.269 e. The van der Waals surface area contributed by atoms with E-state index in [2.05, 4.69) is 15.8 Å². The monoisotopic (exact) mass is 308 g/mol. The minimum absolute atomic E-state index is 0.245. The number of nitrogens with zero attached hydrogens (tertiary/aromatic N) is 2. The first kappa shape index (κ1) is 14.8. The highest BCUT2D eigenvalue weighted by molar-refractivity contribution is 5.95. The van der Waals surface area contributed by atoms with Crippen molar-refractivity contribution in [2.45, 2.75) is 13.0 Å². The van der Waals surface area contributed by atoms with Gasteiger partial charge in [-0.05, 0) is 29.7 Å². The Morgan fingerprint density at radius 1 is 1.00 bits per heavy atom. The van der Waals surface area contributed by atoms with Crippen molar-refractivity contribution in [1.29, 1.82) is 0 Å². The molecule has 2 heterocycles. The first-order valence-corrected chi connectivity index (χ1v) is 7.27. The molecule has 6 heteroatoms. The van der Waals surface area contributed by atoms with Gasteiger partial charge in [0.05, 0.1) is 0 Å². The van der Waals surface area contributed by atoms with Crippen LogP contribution in [0.15, 0.2) is 61.1 Å². The summed E-state index contributed by atoms with van der Waals surface area (Å²) in [5.41, 5.74) is 6.34. The maximum absolute atomic E-state index is 11.9. The minimum atomic E-state index is -0.368. The number of pyridine rings is 1. The summed E-state index contributed by atoms with van der Waals surface area (Å²) in [7, 11) is 0. The molecule has 6 nitrogen and oxygen atoms in total. The molecule has 2 N–H and O–H groups in total. The standard InChI is InChI=1S/C17H16N4O2/c22-16(19-20-17(23)14-5-9-18-10-6-14)8-12-21-11-7-13-3-1-2-4-15(13)21/h1-7,9-11H,8,12H2,(H,19,22)(H,20,23). The molecule has 116 valence electrons. The molecular weight excluding hydrogens is 292 g/mol. The molecule has 2 amide bonds. The fraction of sp³-hybridized carbons (Fsp3) is 0.118. The normalized spacial score (nSPS) is 10.4. The lowest BCUT2D eigenvalue weighted by molar-refractivity contribution is -0.122. The number of rotatable bonds is 4. The Labute approximate surface area is 133 Å². The maximum atomic E-state index is 11.9. The summed E-state index contributed by atoms with van der Waals surface area (Å²) in [6.07, 6.45) is 5.27. The average Bonchev–Trinajstić information content (AvgIpc) is 3.02. The molecule has 0 spiro atoms. The van der Waals surface area contributed by atoms with E-state index < -0.39 is 0 Å². The van der Waals surface area contributed by atoms with E-state index in [0.717, 1.165) is 10.9 Å². The van der Waals surface area contributed by atoms with Crippen LogP contribution < -0.4 is 10.9 Å². The van der Waals surface area contributed by atoms with Gasteiger partial charge in [-0.25, -0.2) is 0 Å². The summed E-state index contributed by atoms with van der Waals surface area (Å²) in [5.74, 6) is -0.614. The van der Waals surface area contributed by atoms with Crippen molar-refractivity contribution in [1.82, 2.24) is 20.4 Å². The molecule has 1 aromatic carbocycles. The SMILES string of the molecule is O=C(CCn1ccc2ccccc21)NNC(=O)c1ccncc1. The van der Waals surface area contributed by atoms with Crippen molar-refractivity contribution >= 4 is 22.7 Å². The smallest absolute Gasteiger partial charge is 0.269 e. The predicted molar refractivity (Wildman–Crippen MR) is 86.4 cm³/mol. The third kappa shape index (κ3) is 3.55. The molecule has 0 radical (unpaired) electrons. The summed E-state index contributed by atoms with van der Waals surface area (Å²) in [4.78, 5) is 27.5. The predicted octanol–water partition coefficient (Wildman–Crippen LogP) is 1.89. The van der Waals surface area contributed by atoms with Crippen LogP contribution in [0.4, 0.5) is 0 Å². The summed E-state index contributed by atoms with van der Waals surface area (Å²) in [6, 6.07) is 13.2. The van der Waals surface area contributed by atoms with Gasteiger partial charge >= 0.3 is 0 Å². The second kappa shape index (κ2) is 6.74. The van der Waals surface area contributed by atoms with Crippen LogP contribution >= 0.6 is 0 Å². The molecule has 0 saturated carbocycles. The fourth-order valence-electron chi connectivity index (χ4n) is 2.32. The Kier molecular flexibility index (Phi) is 4.33. The van der Waals surface area contributed by atoms with Crippen LogP contribution in [0, 0.1) is 0 Å². The molecule has 0 aliphatic heterocycles. The van der Waals surface area contributed by atoms with Gasteiger partial charge in [-0.2, -0.15) is 0 Å². The molecule has 0 aliphatic carbocycles. The van der Waals surface area contributed by atoms with E-state index in [1.165, 1.54) is 12.4 Å². The Morgan fingerprint density at radius 2 is 1.78 bits per heavy atom. The first-order valence-electron chi connectivity index (χ1n) is 7.27. The highest BCUT2D eigenvalue weighted by atomic mass is 16.2. The Bertz CT molecular complexity index is 827. The molecule has 3 rings (SSSR count). The van der Waals surface area contributed by atoms with Gasteiger partial charge in [-0.1, -0.05) is 18.2 Å². The lowest BCUT2D eigenvalue weighted by Crippen LogP contribution is -2.41. The van der Waals surface area contributed by atoms with E-state index in [0.29, 0.717) is 12.1 Å². The molecule has 3 aromatic rings. The highest BCUT2D eigenvalue weighted by Gasteiger charge is 2.07. The number of para-hydroxylation sites is 1. The summed E-state index contributed by atoms with van der Waals surface area (Å²) in [6.45, 7) is 0.546. The minimum Gasteiger partial charge on any atom is -0.347 e. The zero-order valence-electron chi connectivity index (χ0n) is 12.4. The van der Waals surface area contributed by atoms with Crippen LogP contribution in [0.3, 0.4) is 0 Å².